The predicted molar refractivity (Wildman–Crippen MR) is 184 cm³/mol. The highest BCUT2D eigenvalue weighted by Gasteiger charge is 2.25. The standard InChI is InChI=1S/C41H34N2/c1-41(2,3)37-27-16-28-38(42-37)43(30-19-8-5-9-20-30)40-35-25-14-12-23-33(35)39(34-24-13-15-26-36(34)40)32-22-11-10-21-31(32)29-17-6-4-7-18-29/h4-28H,1-3H3. The molecule has 208 valence electrons. The van der Waals surface area contributed by atoms with Crippen molar-refractivity contribution >= 4 is 38.7 Å². The van der Waals surface area contributed by atoms with Crippen LogP contribution in [-0.2, 0) is 5.41 Å². The molecule has 43 heavy (non-hydrogen) atoms. The molecule has 2 heteroatoms. The Morgan fingerprint density at radius 1 is 0.465 bits per heavy atom. The zero-order valence-corrected chi connectivity index (χ0v) is 24.8. The van der Waals surface area contributed by atoms with Crippen LogP contribution in [0.15, 0.2) is 152 Å². The van der Waals surface area contributed by atoms with Crippen LogP contribution in [0.4, 0.5) is 17.2 Å². The summed E-state index contributed by atoms with van der Waals surface area (Å²) in [6.45, 7) is 6.65. The van der Waals surface area contributed by atoms with Crippen molar-refractivity contribution in [2.24, 2.45) is 0 Å². The van der Waals surface area contributed by atoms with Crippen LogP contribution in [0, 0.1) is 0 Å². The number of para-hydroxylation sites is 1. The fourth-order valence-electron chi connectivity index (χ4n) is 6.13. The van der Waals surface area contributed by atoms with Crippen LogP contribution >= 0.6 is 0 Å². The molecule has 6 aromatic carbocycles. The zero-order valence-electron chi connectivity index (χ0n) is 24.8. The normalized spacial score (nSPS) is 11.6. The van der Waals surface area contributed by atoms with Gasteiger partial charge in [-0.3, -0.25) is 4.90 Å². The van der Waals surface area contributed by atoms with Gasteiger partial charge in [0, 0.05) is 27.6 Å². The third-order valence-electron chi connectivity index (χ3n) is 8.15. The maximum Gasteiger partial charge on any atom is 0.137 e. The largest absolute Gasteiger partial charge is 0.294 e. The van der Waals surface area contributed by atoms with Crippen LogP contribution in [0.2, 0.25) is 0 Å². The molecule has 0 amide bonds. The van der Waals surface area contributed by atoms with Gasteiger partial charge in [-0.05, 0) is 57.3 Å². The summed E-state index contributed by atoms with van der Waals surface area (Å²) < 4.78 is 0. The van der Waals surface area contributed by atoms with Crippen molar-refractivity contribution < 1.29 is 0 Å². The first-order valence-corrected chi connectivity index (χ1v) is 14.9. The fourth-order valence-corrected chi connectivity index (χ4v) is 6.13. The van der Waals surface area contributed by atoms with E-state index in [4.69, 9.17) is 4.98 Å². The molecule has 0 spiro atoms. The molecule has 0 aliphatic rings. The smallest absolute Gasteiger partial charge is 0.137 e. The van der Waals surface area contributed by atoms with Gasteiger partial charge in [-0.15, -0.1) is 0 Å². The van der Waals surface area contributed by atoms with Crippen molar-refractivity contribution in [3.05, 3.63) is 157 Å². The molecule has 0 aliphatic carbocycles. The van der Waals surface area contributed by atoms with Crippen LogP contribution in [0.5, 0.6) is 0 Å². The minimum atomic E-state index is -0.0759. The van der Waals surface area contributed by atoms with E-state index in [0.29, 0.717) is 0 Å². The van der Waals surface area contributed by atoms with Crippen molar-refractivity contribution in [3.63, 3.8) is 0 Å². The number of nitrogens with zero attached hydrogens (tertiary/aromatic N) is 2. The van der Waals surface area contributed by atoms with Crippen molar-refractivity contribution in [2.75, 3.05) is 4.90 Å². The highest BCUT2D eigenvalue weighted by molar-refractivity contribution is 6.23. The molecular weight excluding hydrogens is 520 g/mol. The molecular formula is C41H34N2. The molecule has 0 fully saturated rings. The van der Waals surface area contributed by atoms with Gasteiger partial charge in [0.05, 0.1) is 5.69 Å². The van der Waals surface area contributed by atoms with Crippen molar-refractivity contribution in [1.82, 2.24) is 4.98 Å². The molecule has 0 bridgehead atoms. The first kappa shape index (κ1) is 26.7. The van der Waals surface area contributed by atoms with Gasteiger partial charge in [-0.25, -0.2) is 4.98 Å². The third kappa shape index (κ3) is 4.85. The Morgan fingerprint density at radius 2 is 0.977 bits per heavy atom. The molecule has 0 N–H and O–H groups in total. The number of anilines is 3. The molecule has 0 unspecified atom stereocenters. The van der Waals surface area contributed by atoms with E-state index in [-0.39, 0.29) is 5.41 Å². The van der Waals surface area contributed by atoms with Crippen LogP contribution in [0.3, 0.4) is 0 Å². The Morgan fingerprint density at radius 3 is 1.58 bits per heavy atom. The number of hydrogen-bond acceptors (Lipinski definition) is 2. The van der Waals surface area contributed by atoms with Gasteiger partial charge >= 0.3 is 0 Å². The van der Waals surface area contributed by atoms with E-state index in [1.807, 2.05) is 0 Å². The second-order valence-electron chi connectivity index (χ2n) is 12.0. The monoisotopic (exact) mass is 554 g/mol. The molecule has 1 heterocycles. The minimum absolute atomic E-state index is 0.0759. The van der Waals surface area contributed by atoms with Gasteiger partial charge < -0.3 is 0 Å². The topological polar surface area (TPSA) is 16.1 Å². The van der Waals surface area contributed by atoms with Crippen molar-refractivity contribution in [1.29, 1.82) is 0 Å². The number of fused-ring (bicyclic) bond motifs is 2. The van der Waals surface area contributed by atoms with Crippen LogP contribution in [0.1, 0.15) is 26.5 Å². The molecule has 0 aliphatic heterocycles. The molecule has 0 saturated heterocycles. The minimum Gasteiger partial charge on any atom is -0.294 e. The lowest BCUT2D eigenvalue weighted by Crippen LogP contribution is -2.18. The van der Waals surface area contributed by atoms with Gasteiger partial charge in [0.2, 0.25) is 0 Å². The lowest BCUT2D eigenvalue weighted by atomic mass is 9.86. The summed E-state index contributed by atoms with van der Waals surface area (Å²) in [4.78, 5) is 7.61. The van der Waals surface area contributed by atoms with E-state index < -0.39 is 0 Å². The lowest BCUT2D eigenvalue weighted by molar-refractivity contribution is 0.569. The van der Waals surface area contributed by atoms with E-state index in [1.165, 1.54) is 43.8 Å². The van der Waals surface area contributed by atoms with E-state index in [2.05, 4.69) is 177 Å². The van der Waals surface area contributed by atoms with E-state index >= 15 is 0 Å². The lowest BCUT2D eigenvalue weighted by Gasteiger charge is -2.30. The average Bonchev–Trinajstić information content (AvgIpc) is 3.05. The Balaban J connectivity index is 1.60. The summed E-state index contributed by atoms with van der Waals surface area (Å²) in [5, 5.41) is 4.80. The molecule has 7 rings (SSSR count). The van der Waals surface area contributed by atoms with Gasteiger partial charge in [0.25, 0.3) is 0 Å². The van der Waals surface area contributed by atoms with Crippen molar-refractivity contribution in [3.8, 4) is 22.3 Å². The van der Waals surface area contributed by atoms with Crippen molar-refractivity contribution in [2.45, 2.75) is 26.2 Å². The second kappa shape index (κ2) is 10.9. The predicted octanol–water partition coefficient (Wildman–Crippen LogP) is 11.5. The first-order valence-electron chi connectivity index (χ1n) is 14.9. The first-order chi connectivity index (χ1) is 21.0. The van der Waals surface area contributed by atoms with Crippen LogP contribution in [-0.4, -0.2) is 4.98 Å². The second-order valence-corrected chi connectivity index (χ2v) is 12.0. The summed E-state index contributed by atoms with van der Waals surface area (Å²) in [5.74, 6) is 0.909. The van der Waals surface area contributed by atoms with Gasteiger partial charge in [-0.2, -0.15) is 0 Å². The Kier molecular flexibility index (Phi) is 6.75. The number of pyridine rings is 1. The summed E-state index contributed by atoms with van der Waals surface area (Å²) >= 11 is 0. The fraction of sp³-hybridized carbons (Fsp3) is 0.0976. The Labute approximate surface area is 253 Å². The number of rotatable bonds is 5. The Hall–Kier alpha value is -5.21. The third-order valence-corrected chi connectivity index (χ3v) is 8.15. The SMILES string of the molecule is CC(C)(C)c1cccc(N(c2ccccc2)c2c3ccccc3c(-c3ccccc3-c3ccccc3)c3ccccc23)n1. The highest BCUT2D eigenvalue weighted by Crippen LogP contribution is 2.49. The van der Waals surface area contributed by atoms with E-state index in [0.717, 1.165) is 22.9 Å². The molecule has 7 aromatic rings. The van der Waals surface area contributed by atoms with Gasteiger partial charge in [0.15, 0.2) is 0 Å². The number of hydrogen-bond donors (Lipinski definition) is 0. The highest BCUT2D eigenvalue weighted by atomic mass is 15.2. The van der Waals surface area contributed by atoms with Gasteiger partial charge in [0.1, 0.15) is 5.82 Å². The summed E-state index contributed by atoms with van der Waals surface area (Å²) in [5.41, 5.74) is 8.12. The van der Waals surface area contributed by atoms with Crippen LogP contribution in [0.25, 0.3) is 43.8 Å². The molecule has 1 aromatic heterocycles. The maximum atomic E-state index is 5.27. The summed E-state index contributed by atoms with van der Waals surface area (Å²) in [7, 11) is 0. The summed E-state index contributed by atoms with van der Waals surface area (Å²) in [6, 6.07) is 54.2. The number of benzene rings is 6. The quantitative estimate of drug-likeness (QED) is 0.197. The maximum absolute atomic E-state index is 5.27. The molecule has 0 saturated carbocycles. The molecule has 2 nitrogen and oxygen atoms in total. The zero-order chi connectivity index (χ0) is 29.4. The number of aromatic nitrogens is 1. The Bertz CT molecular complexity index is 2000. The molecule has 0 radical (unpaired) electrons. The van der Waals surface area contributed by atoms with Crippen LogP contribution < -0.4 is 4.90 Å². The average molecular weight is 555 g/mol. The van der Waals surface area contributed by atoms with E-state index in [9.17, 15) is 0 Å². The van der Waals surface area contributed by atoms with Gasteiger partial charge in [-0.1, -0.05) is 148 Å². The summed E-state index contributed by atoms with van der Waals surface area (Å²) in [6.07, 6.45) is 0. The molecule has 0 atom stereocenters. The van der Waals surface area contributed by atoms with E-state index in [1.54, 1.807) is 0 Å².